The predicted molar refractivity (Wildman–Crippen MR) is 59.8 cm³/mol. The molecule has 88 valence electrons. The van der Waals surface area contributed by atoms with Crippen LogP contribution in [-0.2, 0) is 4.74 Å². The molecule has 1 saturated carbocycles. The zero-order valence-corrected chi connectivity index (χ0v) is 9.50. The Bertz CT molecular complexity index is 182. The molecule has 0 radical (unpaired) electrons. The SMILES string of the molecule is OCC1(C2CCCCCC2)COCCN1. The topological polar surface area (TPSA) is 41.5 Å². The minimum atomic E-state index is -0.136. The molecule has 1 atom stereocenters. The molecule has 1 aliphatic heterocycles. The Balaban J connectivity index is 2.01. The van der Waals surface area contributed by atoms with Gasteiger partial charge in [-0.2, -0.15) is 0 Å². The molecule has 0 amide bonds. The van der Waals surface area contributed by atoms with Crippen LogP contribution < -0.4 is 5.32 Å². The third kappa shape index (κ3) is 2.52. The fourth-order valence-electron chi connectivity index (χ4n) is 3.00. The van der Waals surface area contributed by atoms with E-state index in [1.54, 1.807) is 0 Å². The molecule has 2 rings (SSSR count). The summed E-state index contributed by atoms with van der Waals surface area (Å²) in [6.07, 6.45) is 7.84. The molecule has 0 aromatic rings. The summed E-state index contributed by atoms with van der Waals surface area (Å²) >= 11 is 0. The van der Waals surface area contributed by atoms with E-state index < -0.39 is 0 Å². The summed E-state index contributed by atoms with van der Waals surface area (Å²) < 4.78 is 5.55. The second kappa shape index (κ2) is 5.28. The molecular formula is C12H23NO2. The molecule has 15 heavy (non-hydrogen) atoms. The first-order valence-corrected chi connectivity index (χ1v) is 6.31. The fourth-order valence-corrected chi connectivity index (χ4v) is 3.00. The van der Waals surface area contributed by atoms with Gasteiger partial charge in [0.25, 0.3) is 0 Å². The largest absolute Gasteiger partial charge is 0.394 e. The Kier molecular flexibility index (Phi) is 4.00. The minimum absolute atomic E-state index is 0.136. The Hall–Kier alpha value is -0.120. The predicted octanol–water partition coefficient (Wildman–Crippen LogP) is 1.31. The lowest BCUT2D eigenvalue weighted by Crippen LogP contribution is -2.61. The zero-order chi connectivity index (χ0) is 10.6. The number of aliphatic hydroxyl groups excluding tert-OH is 1. The second-order valence-corrected chi connectivity index (χ2v) is 4.98. The highest BCUT2D eigenvalue weighted by Gasteiger charge is 2.39. The minimum Gasteiger partial charge on any atom is -0.394 e. The molecule has 3 nitrogen and oxygen atoms in total. The molecule has 2 N–H and O–H groups in total. The van der Waals surface area contributed by atoms with Gasteiger partial charge < -0.3 is 15.2 Å². The zero-order valence-electron chi connectivity index (χ0n) is 9.50. The van der Waals surface area contributed by atoms with Crippen LogP contribution in [-0.4, -0.2) is 37.0 Å². The maximum atomic E-state index is 9.64. The molecule has 0 bridgehead atoms. The summed E-state index contributed by atoms with van der Waals surface area (Å²) in [5.74, 6) is 0.602. The standard InChI is InChI=1S/C12H23NO2/c14-9-12(10-15-8-7-13-12)11-5-3-1-2-4-6-11/h11,13-14H,1-10H2. The molecule has 1 aliphatic carbocycles. The Morgan fingerprint density at radius 2 is 1.93 bits per heavy atom. The van der Waals surface area contributed by atoms with Crippen LogP contribution in [0.1, 0.15) is 38.5 Å². The Morgan fingerprint density at radius 3 is 2.47 bits per heavy atom. The highest BCUT2D eigenvalue weighted by Crippen LogP contribution is 2.32. The molecule has 0 spiro atoms. The van der Waals surface area contributed by atoms with Crippen molar-refractivity contribution in [1.29, 1.82) is 0 Å². The Labute approximate surface area is 92.2 Å². The van der Waals surface area contributed by atoms with Crippen molar-refractivity contribution in [2.45, 2.75) is 44.1 Å². The van der Waals surface area contributed by atoms with E-state index in [1.807, 2.05) is 0 Å². The van der Waals surface area contributed by atoms with Crippen LogP contribution in [0.2, 0.25) is 0 Å². The van der Waals surface area contributed by atoms with Crippen LogP contribution >= 0.6 is 0 Å². The second-order valence-electron chi connectivity index (χ2n) is 4.98. The molecule has 0 aromatic carbocycles. The van der Waals surface area contributed by atoms with Gasteiger partial charge in [-0.3, -0.25) is 0 Å². The third-order valence-corrected chi connectivity index (χ3v) is 4.00. The molecule has 3 heteroatoms. The first-order valence-electron chi connectivity index (χ1n) is 6.31. The molecule has 0 aromatic heterocycles. The molecule has 1 unspecified atom stereocenters. The maximum Gasteiger partial charge on any atom is 0.0680 e. The van der Waals surface area contributed by atoms with Crippen LogP contribution in [0, 0.1) is 5.92 Å². The van der Waals surface area contributed by atoms with Crippen molar-refractivity contribution in [3.8, 4) is 0 Å². The van der Waals surface area contributed by atoms with E-state index in [0.717, 1.165) is 13.2 Å². The van der Waals surface area contributed by atoms with Crippen molar-refractivity contribution in [3.63, 3.8) is 0 Å². The molecule has 1 heterocycles. The number of hydrogen-bond donors (Lipinski definition) is 2. The van der Waals surface area contributed by atoms with E-state index in [4.69, 9.17) is 4.74 Å². The first-order chi connectivity index (χ1) is 7.37. The average Bonchev–Trinajstić information content (AvgIpc) is 2.59. The van der Waals surface area contributed by atoms with Gasteiger partial charge in [0.1, 0.15) is 0 Å². The van der Waals surface area contributed by atoms with Crippen LogP contribution in [0.5, 0.6) is 0 Å². The van der Waals surface area contributed by atoms with Crippen molar-refractivity contribution in [2.75, 3.05) is 26.4 Å². The van der Waals surface area contributed by atoms with E-state index >= 15 is 0 Å². The molecule has 1 saturated heterocycles. The number of ether oxygens (including phenoxy) is 1. The summed E-state index contributed by atoms with van der Waals surface area (Å²) in [5.41, 5.74) is -0.136. The Morgan fingerprint density at radius 1 is 1.20 bits per heavy atom. The van der Waals surface area contributed by atoms with Gasteiger partial charge in [-0.25, -0.2) is 0 Å². The van der Waals surface area contributed by atoms with Crippen LogP contribution in [0.25, 0.3) is 0 Å². The average molecular weight is 213 g/mol. The van der Waals surface area contributed by atoms with Crippen LogP contribution in [0.4, 0.5) is 0 Å². The summed E-state index contributed by atoms with van der Waals surface area (Å²) in [6, 6.07) is 0. The molecule has 2 fully saturated rings. The summed E-state index contributed by atoms with van der Waals surface area (Å²) in [6.45, 7) is 2.58. The monoisotopic (exact) mass is 213 g/mol. The van der Waals surface area contributed by atoms with Crippen molar-refractivity contribution >= 4 is 0 Å². The van der Waals surface area contributed by atoms with Crippen molar-refractivity contribution in [2.24, 2.45) is 5.92 Å². The highest BCUT2D eigenvalue weighted by molar-refractivity contribution is 4.96. The summed E-state index contributed by atoms with van der Waals surface area (Å²) in [5, 5.41) is 13.1. The van der Waals surface area contributed by atoms with Crippen LogP contribution in [0.3, 0.4) is 0 Å². The number of aliphatic hydroxyl groups is 1. The highest BCUT2D eigenvalue weighted by atomic mass is 16.5. The maximum absolute atomic E-state index is 9.64. The lowest BCUT2D eigenvalue weighted by Gasteiger charge is -2.42. The van der Waals surface area contributed by atoms with E-state index in [9.17, 15) is 5.11 Å². The molecular weight excluding hydrogens is 190 g/mol. The number of nitrogens with one attached hydrogen (secondary N) is 1. The van der Waals surface area contributed by atoms with E-state index in [2.05, 4.69) is 5.32 Å². The number of rotatable bonds is 2. The van der Waals surface area contributed by atoms with Crippen molar-refractivity contribution < 1.29 is 9.84 Å². The summed E-state index contributed by atoms with van der Waals surface area (Å²) in [4.78, 5) is 0. The van der Waals surface area contributed by atoms with Gasteiger partial charge in [0.15, 0.2) is 0 Å². The molecule has 2 aliphatic rings. The first kappa shape index (κ1) is 11.4. The lowest BCUT2D eigenvalue weighted by molar-refractivity contribution is -0.0342. The van der Waals surface area contributed by atoms with Gasteiger partial charge in [-0.15, -0.1) is 0 Å². The van der Waals surface area contributed by atoms with Gasteiger partial charge in [-0.1, -0.05) is 25.7 Å². The van der Waals surface area contributed by atoms with Gasteiger partial charge >= 0.3 is 0 Å². The van der Waals surface area contributed by atoms with Gasteiger partial charge in [0.2, 0.25) is 0 Å². The van der Waals surface area contributed by atoms with Gasteiger partial charge in [0, 0.05) is 6.54 Å². The van der Waals surface area contributed by atoms with E-state index in [0.29, 0.717) is 12.5 Å². The van der Waals surface area contributed by atoms with Gasteiger partial charge in [0.05, 0.1) is 25.4 Å². The van der Waals surface area contributed by atoms with E-state index in [-0.39, 0.29) is 12.1 Å². The smallest absolute Gasteiger partial charge is 0.0680 e. The lowest BCUT2D eigenvalue weighted by atomic mass is 9.79. The third-order valence-electron chi connectivity index (χ3n) is 4.00. The fraction of sp³-hybridized carbons (Fsp3) is 1.00. The van der Waals surface area contributed by atoms with Gasteiger partial charge in [-0.05, 0) is 18.8 Å². The number of morpholine rings is 1. The van der Waals surface area contributed by atoms with E-state index in [1.165, 1.54) is 38.5 Å². The normalized spacial score (nSPS) is 35.0. The quantitative estimate of drug-likeness (QED) is 0.680. The summed E-state index contributed by atoms with van der Waals surface area (Å²) in [7, 11) is 0. The van der Waals surface area contributed by atoms with Crippen molar-refractivity contribution in [3.05, 3.63) is 0 Å². The van der Waals surface area contributed by atoms with Crippen molar-refractivity contribution in [1.82, 2.24) is 5.32 Å². The number of hydrogen-bond acceptors (Lipinski definition) is 3. The van der Waals surface area contributed by atoms with Crippen LogP contribution in [0.15, 0.2) is 0 Å².